The minimum absolute atomic E-state index is 0.169. The quantitative estimate of drug-likeness (QED) is 0.489. The molecule has 0 aromatic carbocycles. The van der Waals surface area contributed by atoms with Gasteiger partial charge in [-0.3, -0.25) is 9.63 Å². The van der Waals surface area contributed by atoms with Gasteiger partial charge in [0, 0.05) is 6.42 Å². The maximum atomic E-state index is 11.5. The molecule has 0 aromatic rings. The van der Waals surface area contributed by atoms with Gasteiger partial charge in [-0.25, -0.2) is 5.06 Å². The molecule has 1 saturated heterocycles. The smallest absolute Gasteiger partial charge is 0.246 e. The van der Waals surface area contributed by atoms with Gasteiger partial charge >= 0.3 is 0 Å². The number of unbranched alkanes of at least 4 members (excludes halogenated alkanes) is 10. The van der Waals surface area contributed by atoms with Gasteiger partial charge in [0.25, 0.3) is 0 Å². The fourth-order valence-corrected chi connectivity index (χ4v) is 2.44. The highest BCUT2D eigenvalue weighted by molar-refractivity contribution is 5.75. The summed E-state index contributed by atoms with van der Waals surface area (Å²) in [5.74, 6) is 0.169. The molecule has 3 nitrogen and oxygen atoms in total. The highest BCUT2D eigenvalue weighted by Gasteiger charge is 2.20. The van der Waals surface area contributed by atoms with Crippen LogP contribution in [0.4, 0.5) is 0 Å². The van der Waals surface area contributed by atoms with Crippen molar-refractivity contribution >= 4 is 5.91 Å². The van der Waals surface area contributed by atoms with E-state index in [9.17, 15) is 4.79 Å². The van der Waals surface area contributed by atoms with Crippen LogP contribution in [-0.4, -0.2) is 24.1 Å². The van der Waals surface area contributed by atoms with E-state index < -0.39 is 0 Å². The van der Waals surface area contributed by atoms with Crippen molar-refractivity contribution in [2.45, 2.75) is 84.0 Å². The highest BCUT2D eigenvalue weighted by Crippen LogP contribution is 2.13. The fraction of sp³-hybridized carbons (Fsp3) is 0.938. The molecular weight excluding hydrogens is 238 g/mol. The largest absolute Gasteiger partial charge is 0.273 e. The standard InChI is InChI=1S/C16H31NO2/c1-2-3-4-5-6-7-8-9-10-11-12-13-16(18)17-14-15-19-17/h2-15H2,1H3. The van der Waals surface area contributed by atoms with Crippen molar-refractivity contribution in [2.75, 3.05) is 13.2 Å². The fourth-order valence-electron chi connectivity index (χ4n) is 2.44. The van der Waals surface area contributed by atoms with E-state index in [4.69, 9.17) is 4.84 Å². The van der Waals surface area contributed by atoms with Gasteiger partial charge in [0.2, 0.25) is 5.91 Å². The molecular formula is C16H31NO2. The first-order chi connectivity index (χ1) is 9.34. The molecule has 19 heavy (non-hydrogen) atoms. The van der Waals surface area contributed by atoms with Gasteiger partial charge in [-0.1, -0.05) is 71.1 Å². The molecule has 0 aromatic heterocycles. The Hall–Kier alpha value is -0.570. The van der Waals surface area contributed by atoms with E-state index in [2.05, 4.69) is 6.92 Å². The predicted molar refractivity (Wildman–Crippen MR) is 78.7 cm³/mol. The number of carbonyl (C=O) groups is 1. The molecule has 0 saturated carbocycles. The second-order valence-corrected chi connectivity index (χ2v) is 5.61. The SMILES string of the molecule is CCCCCCCCCCCCCC(=O)N1CCO1. The zero-order chi connectivity index (χ0) is 13.8. The third kappa shape index (κ3) is 8.25. The van der Waals surface area contributed by atoms with Gasteiger partial charge in [-0.05, 0) is 6.42 Å². The van der Waals surface area contributed by atoms with Gasteiger partial charge in [0.05, 0.1) is 13.2 Å². The normalized spacial score (nSPS) is 14.5. The minimum Gasteiger partial charge on any atom is -0.273 e. The average molecular weight is 269 g/mol. The summed E-state index contributed by atoms with van der Waals surface area (Å²) >= 11 is 0. The van der Waals surface area contributed by atoms with Crippen LogP contribution in [0.1, 0.15) is 84.0 Å². The number of hydroxylamine groups is 2. The molecule has 1 aliphatic heterocycles. The summed E-state index contributed by atoms with van der Waals surface area (Å²) < 4.78 is 0. The highest BCUT2D eigenvalue weighted by atomic mass is 16.7. The summed E-state index contributed by atoms with van der Waals surface area (Å²) in [4.78, 5) is 16.5. The zero-order valence-electron chi connectivity index (χ0n) is 12.7. The molecule has 0 N–H and O–H groups in total. The third-order valence-electron chi connectivity index (χ3n) is 3.81. The van der Waals surface area contributed by atoms with E-state index in [-0.39, 0.29) is 5.91 Å². The Morgan fingerprint density at radius 3 is 1.79 bits per heavy atom. The van der Waals surface area contributed by atoms with E-state index in [1.165, 1.54) is 69.3 Å². The van der Waals surface area contributed by atoms with E-state index in [0.29, 0.717) is 13.0 Å². The lowest BCUT2D eigenvalue weighted by Crippen LogP contribution is -2.43. The first-order valence-corrected chi connectivity index (χ1v) is 8.28. The summed E-state index contributed by atoms with van der Waals surface area (Å²) in [6.45, 7) is 3.76. The van der Waals surface area contributed by atoms with E-state index >= 15 is 0 Å². The van der Waals surface area contributed by atoms with E-state index in [1.54, 1.807) is 0 Å². The lowest BCUT2D eigenvalue weighted by atomic mass is 10.1. The molecule has 0 spiro atoms. The molecule has 0 bridgehead atoms. The van der Waals surface area contributed by atoms with Crippen LogP contribution in [-0.2, 0) is 9.63 Å². The molecule has 1 heterocycles. The molecule has 112 valence electrons. The number of amides is 1. The van der Waals surface area contributed by atoms with Crippen molar-refractivity contribution in [3.8, 4) is 0 Å². The van der Waals surface area contributed by atoms with Gasteiger partial charge in [0.1, 0.15) is 0 Å². The van der Waals surface area contributed by atoms with Gasteiger partial charge < -0.3 is 0 Å². The van der Waals surface area contributed by atoms with Crippen molar-refractivity contribution in [2.24, 2.45) is 0 Å². The average Bonchev–Trinajstić information content (AvgIpc) is 2.34. The van der Waals surface area contributed by atoms with Crippen LogP contribution < -0.4 is 0 Å². The zero-order valence-corrected chi connectivity index (χ0v) is 12.7. The Morgan fingerprint density at radius 2 is 1.37 bits per heavy atom. The number of hydrogen-bond donors (Lipinski definition) is 0. The summed E-state index contributed by atoms with van der Waals surface area (Å²) in [5, 5.41) is 1.50. The Balaban J connectivity index is 1.72. The van der Waals surface area contributed by atoms with E-state index in [0.717, 1.165) is 13.0 Å². The predicted octanol–water partition coefficient (Wildman–Crippen LogP) is 4.46. The van der Waals surface area contributed by atoms with Crippen molar-refractivity contribution in [3.63, 3.8) is 0 Å². The Kier molecular flexibility index (Phi) is 9.78. The van der Waals surface area contributed by atoms with Crippen LogP contribution in [0.2, 0.25) is 0 Å². The summed E-state index contributed by atoms with van der Waals surface area (Å²) in [5.41, 5.74) is 0. The lowest BCUT2D eigenvalue weighted by Gasteiger charge is -2.29. The topological polar surface area (TPSA) is 29.5 Å². The van der Waals surface area contributed by atoms with Crippen molar-refractivity contribution in [1.82, 2.24) is 5.06 Å². The molecule has 3 heteroatoms. The van der Waals surface area contributed by atoms with Crippen molar-refractivity contribution in [3.05, 3.63) is 0 Å². The minimum atomic E-state index is 0.169. The van der Waals surface area contributed by atoms with Crippen molar-refractivity contribution in [1.29, 1.82) is 0 Å². The molecule has 0 aliphatic carbocycles. The molecule has 0 radical (unpaired) electrons. The van der Waals surface area contributed by atoms with Gasteiger partial charge in [-0.15, -0.1) is 0 Å². The van der Waals surface area contributed by atoms with E-state index in [1.807, 2.05) is 0 Å². The molecule has 1 amide bonds. The molecule has 1 aliphatic rings. The number of nitrogens with zero attached hydrogens (tertiary/aromatic N) is 1. The molecule has 1 fully saturated rings. The molecule has 1 rings (SSSR count). The summed E-state index contributed by atoms with van der Waals surface area (Å²) in [6, 6.07) is 0. The van der Waals surface area contributed by atoms with Crippen molar-refractivity contribution < 1.29 is 9.63 Å². The second kappa shape index (κ2) is 11.3. The first-order valence-electron chi connectivity index (χ1n) is 8.28. The van der Waals surface area contributed by atoms with Gasteiger partial charge in [-0.2, -0.15) is 0 Å². The van der Waals surface area contributed by atoms with Crippen LogP contribution >= 0.6 is 0 Å². The Morgan fingerprint density at radius 1 is 0.895 bits per heavy atom. The third-order valence-corrected chi connectivity index (χ3v) is 3.81. The maximum Gasteiger partial charge on any atom is 0.246 e. The van der Waals surface area contributed by atoms with Crippen LogP contribution in [0.25, 0.3) is 0 Å². The number of carbonyl (C=O) groups excluding carboxylic acids is 1. The second-order valence-electron chi connectivity index (χ2n) is 5.61. The number of hydrogen-bond acceptors (Lipinski definition) is 2. The lowest BCUT2D eigenvalue weighted by molar-refractivity contribution is -0.239. The molecule has 0 unspecified atom stereocenters. The number of rotatable bonds is 12. The molecule has 0 atom stereocenters. The summed E-state index contributed by atoms with van der Waals surface area (Å²) in [6.07, 6.45) is 15.2. The Bertz CT molecular complexity index is 227. The maximum absolute atomic E-state index is 11.5. The van der Waals surface area contributed by atoms with Crippen LogP contribution in [0.5, 0.6) is 0 Å². The van der Waals surface area contributed by atoms with Crippen LogP contribution in [0.3, 0.4) is 0 Å². The first kappa shape index (κ1) is 16.5. The van der Waals surface area contributed by atoms with Crippen LogP contribution in [0, 0.1) is 0 Å². The van der Waals surface area contributed by atoms with Gasteiger partial charge in [0.15, 0.2) is 0 Å². The van der Waals surface area contributed by atoms with Crippen LogP contribution in [0.15, 0.2) is 0 Å². The Labute approximate surface area is 118 Å². The monoisotopic (exact) mass is 269 g/mol. The summed E-state index contributed by atoms with van der Waals surface area (Å²) in [7, 11) is 0.